The predicted molar refractivity (Wildman–Crippen MR) is 217 cm³/mol. The van der Waals surface area contributed by atoms with Gasteiger partial charge in [0, 0.05) is 65.1 Å². The van der Waals surface area contributed by atoms with Crippen LogP contribution in [0.15, 0.2) is 77.7 Å². The van der Waals surface area contributed by atoms with E-state index in [9.17, 15) is 27.4 Å². The highest BCUT2D eigenvalue weighted by atomic mass is 32.2. The maximum absolute atomic E-state index is 12.4. The minimum absolute atomic E-state index is 0.0713. The molecule has 2 amide bonds. The second-order valence-corrected chi connectivity index (χ2v) is 18.3. The Morgan fingerprint density at radius 1 is 0.807 bits per heavy atom. The molecule has 12 heteroatoms. The number of hydrogen-bond acceptors (Lipinski definition) is 8. The van der Waals surface area contributed by atoms with Crippen LogP contribution in [0.4, 0.5) is 11.4 Å². The molecule has 0 spiro atoms. The first-order valence-corrected chi connectivity index (χ1v) is 21.0. The number of benzene rings is 5. The molecule has 11 nitrogen and oxygen atoms in total. The minimum Gasteiger partial charge on any atom is -0.455 e. The lowest BCUT2D eigenvalue weighted by Gasteiger charge is -2.28. The lowest BCUT2D eigenvalue weighted by molar-refractivity contribution is -0.197. The van der Waals surface area contributed by atoms with Crippen LogP contribution in [0.3, 0.4) is 0 Å². The van der Waals surface area contributed by atoms with Crippen LogP contribution in [0.5, 0.6) is 11.5 Å². The van der Waals surface area contributed by atoms with Gasteiger partial charge < -0.3 is 14.5 Å². The number of ether oxygens (including phenoxy) is 1. The quantitative estimate of drug-likeness (QED) is 0.0750. The van der Waals surface area contributed by atoms with Crippen molar-refractivity contribution in [1.29, 1.82) is 0 Å². The summed E-state index contributed by atoms with van der Waals surface area (Å²) in [5.74, 6) is 0.171. The fourth-order valence-electron chi connectivity index (χ4n) is 9.41. The molecule has 0 aliphatic carbocycles. The summed E-state index contributed by atoms with van der Waals surface area (Å²) in [4.78, 5) is 43.3. The van der Waals surface area contributed by atoms with Gasteiger partial charge in [-0.15, -0.1) is 5.06 Å². The highest BCUT2D eigenvalue weighted by molar-refractivity contribution is 7.85. The van der Waals surface area contributed by atoms with Gasteiger partial charge >= 0.3 is 5.97 Å². The number of carbonyl (C=O) groups excluding carboxylic acids is 3. The van der Waals surface area contributed by atoms with Gasteiger partial charge in [0.25, 0.3) is 21.9 Å². The fourth-order valence-corrected chi connectivity index (χ4v) is 9.89. The Bertz CT molecular complexity index is 2810. The summed E-state index contributed by atoms with van der Waals surface area (Å²) in [6.45, 7) is 11.2. The van der Waals surface area contributed by atoms with Crippen molar-refractivity contribution < 1.29 is 36.9 Å². The maximum Gasteiger partial charge on any atom is 0.333 e. The Balaban J connectivity index is 1.12. The molecule has 0 bridgehead atoms. The molecule has 9 rings (SSSR count). The molecule has 1 fully saturated rings. The SMILES string of the molecule is CC1(C)CN(c2ccc(S(=O)(=O)O)cc2)c2c1c1c(c3ccccc23)C=c2c(c3c(c4ccccc24)=[N+](CCCCCC(=O)ON2C(=O)CCC2=O)CC3(C)C)O1. The van der Waals surface area contributed by atoms with Crippen LogP contribution in [0.1, 0.15) is 82.9 Å². The third-order valence-electron chi connectivity index (χ3n) is 11.9. The van der Waals surface area contributed by atoms with Crippen LogP contribution in [-0.2, 0) is 40.2 Å². The summed E-state index contributed by atoms with van der Waals surface area (Å²) >= 11 is 0. The average Bonchev–Trinajstić information content (AvgIpc) is 3.76. The van der Waals surface area contributed by atoms with E-state index in [4.69, 9.17) is 9.57 Å². The minimum atomic E-state index is -4.34. The molecule has 5 aromatic rings. The number of nitrogens with zero attached hydrogens (tertiary/aromatic N) is 3. The molecule has 0 aromatic heterocycles. The first-order chi connectivity index (χ1) is 27.1. The molecule has 1 saturated heterocycles. The number of imide groups is 1. The molecule has 4 aliphatic rings. The van der Waals surface area contributed by atoms with Crippen molar-refractivity contribution in [2.75, 3.05) is 24.5 Å². The van der Waals surface area contributed by atoms with Gasteiger partial charge in [-0.05, 0) is 73.9 Å². The standard InChI is InChI=1S/C45H43N3O8S/c1-44(2)25-46(23-11-5-6-16-37(51)56-48-35(49)21-22-36(48)50)40-31-14-9-7-12-29(31)33-24-34-30-13-8-10-15-32(30)41-39(43(34)55-42(33)38(40)44)45(3,4)26-47(41)27-17-19-28(20-18-27)57(52,53)54/h7-10,12-15,17-20,24H,5-6,11,16,21-23,25-26H2,1-4H3/p+1. The predicted octanol–water partition coefficient (Wildman–Crippen LogP) is 6.55. The van der Waals surface area contributed by atoms with E-state index >= 15 is 0 Å². The molecular formula is C45H44N3O8S+. The monoisotopic (exact) mass is 786 g/mol. The summed E-state index contributed by atoms with van der Waals surface area (Å²) < 4.78 is 43.3. The largest absolute Gasteiger partial charge is 0.455 e. The molecule has 292 valence electrons. The molecule has 4 aliphatic heterocycles. The summed E-state index contributed by atoms with van der Waals surface area (Å²) in [6.07, 6.45) is 4.76. The maximum atomic E-state index is 12.4. The van der Waals surface area contributed by atoms with Gasteiger partial charge in [-0.3, -0.25) is 14.1 Å². The lowest BCUT2D eigenvalue weighted by Crippen LogP contribution is -2.32. The summed E-state index contributed by atoms with van der Waals surface area (Å²) in [5, 5.41) is 7.22. The van der Waals surface area contributed by atoms with E-state index in [1.54, 1.807) is 12.1 Å². The Morgan fingerprint density at radius 3 is 2.14 bits per heavy atom. The third-order valence-corrected chi connectivity index (χ3v) is 12.8. The van der Waals surface area contributed by atoms with E-state index in [2.05, 4.69) is 79.6 Å². The highest BCUT2D eigenvalue weighted by Gasteiger charge is 2.45. The Kier molecular flexibility index (Phi) is 8.60. The third kappa shape index (κ3) is 6.08. The van der Waals surface area contributed by atoms with Crippen molar-refractivity contribution in [3.8, 4) is 11.5 Å². The Morgan fingerprint density at radius 2 is 1.46 bits per heavy atom. The van der Waals surface area contributed by atoms with Gasteiger partial charge in [0.1, 0.15) is 18.0 Å². The van der Waals surface area contributed by atoms with E-state index in [1.807, 2.05) is 12.1 Å². The van der Waals surface area contributed by atoms with Crippen molar-refractivity contribution in [3.05, 3.63) is 100 Å². The summed E-state index contributed by atoms with van der Waals surface area (Å²) in [7, 11) is -4.34. The molecule has 4 heterocycles. The number of rotatable bonds is 9. The number of hydrogen-bond donors (Lipinski definition) is 1. The van der Waals surface area contributed by atoms with Gasteiger partial charge in [-0.1, -0.05) is 56.3 Å². The van der Waals surface area contributed by atoms with E-state index < -0.39 is 27.9 Å². The van der Waals surface area contributed by atoms with Gasteiger partial charge in [0.05, 0.1) is 26.9 Å². The number of carbonyl (C=O) groups is 3. The number of fused-ring (bicyclic) bond motifs is 12. The number of amides is 2. The van der Waals surface area contributed by atoms with Gasteiger partial charge in [-0.25, -0.2) is 9.37 Å². The van der Waals surface area contributed by atoms with Gasteiger partial charge in [0.15, 0.2) is 6.54 Å². The van der Waals surface area contributed by atoms with Crippen LogP contribution in [-0.4, -0.2) is 55.5 Å². The first kappa shape index (κ1) is 37.0. The fraction of sp³-hybridized carbons (Fsp3) is 0.333. The second-order valence-electron chi connectivity index (χ2n) is 16.9. The highest BCUT2D eigenvalue weighted by Crippen LogP contribution is 2.56. The van der Waals surface area contributed by atoms with Crippen molar-refractivity contribution in [1.82, 2.24) is 9.64 Å². The van der Waals surface area contributed by atoms with Crippen LogP contribution in [0.2, 0.25) is 0 Å². The molecule has 5 aromatic carbocycles. The molecule has 0 atom stereocenters. The van der Waals surface area contributed by atoms with Crippen molar-refractivity contribution >= 4 is 66.9 Å². The van der Waals surface area contributed by atoms with Crippen LogP contribution in [0.25, 0.3) is 27.6 Å². The van der Waals surface area contributed by atoms with Gasteiger partial charge in [0.2, 0.25) is 5.36 Å². The summed E-state index contributed by atoms with van der Waals surface area (Å²) in [6, 6.07) is 23.2. The van der Waals surface area contributed by atoms with E-state index in [0.29, 0.717) is 18.0 Å². The van der Waals surface area contributed by atoms with Gasteiger partial charge in [-0.2, -0.15) is 8.42 Å². The van der Waals surface area contributed by atoms with Crippen molar-refractivity contribution in [3.63, 3.8) is 0 Å². The van der Waals surface area contributed by atoms with Crippen LogP contribution >= 0.6 is 0 Å². The summed E-state index contributed by atoms with van der Waals surface area (Å²) in [5.41, 5.74) is 4.50. The topological polar surface area (TPSA) is 134 Å². The van der Waals surface area contributed by atoms with Crippen molar-refractivity contribution in [2.24, 2.45) is 0 Å². The smallest absolute Gasteiger partial charge is 0.333 e. The molecule has 0 radical (unpaired) electrons. The molecule has 0 saturated carbocycles. The lowest BCUT2D eigenvalue weighted by atomic mass is 9.81. The number of anilines is 2. The van der Waals surface area contributed by atoms with E-state index in [-0.39, 0.29) is 35.0 Å². The van der Waals surface area contributed by atoms with Crippen LogP contribution < -0.4 is 24.8 Å². The first-order valence-electron chi connectivity index (χ1n) is 19.5. The number of hydroxylamine groups is 2. The van der Waals surface area contributed by atoms with Crippen molar-refractivity contribution in [2.45, 2.75) is 81.9 Å². The van der Waals surface area contributed by atoms with Crippen LogP contribution in [0, 0.1) is 0 Å². The normalized spacial score (nSPS) is 17.7. The molecule has 0 unspecified atom stereocenters. The van der Waals surface area contributed by atoms with E-state index in [1.165, 1.54) is 12.1 Å². The molecule has 57 heavy (non-hydrogen) atoms. The molecular weight excluding hydrogens is 743 g/mol. The van der Waals surface area contributed by atoms with E-state index in [0.717, 1.165) is 97.6 Å². The number of unbranched alkanes of at least 4 members (excludes halogenated alkanes) is 2. The average molecular weight is 787 g/mol. The molecule has 1 N–H and O–H groups in total. The zero-order valence-electron chi connectivity index (χ0n) is 32.4. The second kappa shape index (κ2) is 13.2. The zero-order chi connectivity index (χ0) is 40.0. The Hall–Kier alpha value is -5.59. The zero-order valence-corrected chi connectivity index (χ0v) is 33.2. The Labute approximate surface area is 330 Å².